The zero-order valence-corrected chi connectivity index (χ0v) is 20.3. The molecule has 1 aliphatic carbocycles. The summed E-state index contributed by atoms with van der Waals surface area (Å²) in [7, 11) is 0. The number of fused-ring (bicyclic) bond motifs is 2. The van der Waals surface area contributed by atoms with E-state index in [9.17, 15) is 9.59 Å². The van der Waals surface area contributed by atoms with Crippen molar-refractivity contribution in [2.45, 2.75) is 32.6 Å². The van der Waals surface area contributed by atoms with Gasteiger partial charge in [-0.05, 0) is 85.2 Å². The van der Waals surface area contributed by atoms with Gasteiger partial charge >= 0.3 is 12.1 Å². The van der Waals surface area contributed by atoms with Gasteiger partial charge in [0.1, 0.15) is 0 Å². The second kappa shape index (κ2) is 10.9. The Morgan fingerprint density at radius 3 is 2.65 bits per heavy atom. The van der Waals surface area contributed by atoms with Gasteiger partial charge in [-0.15, -0.1) is 0 Å². The number of hydrogen-bond donors (Lipinski definition) is 0. The summed E-state index contributed by atoms with van der Waals surface area (Å²) in [6.07, 6.45) is 8.55. The molecule has 4 rings (SSSR count). The van der Waals surface area contributed by atoms with Crippen LogP contribution >= 0.6 is 11.6 Å². The Hall–Kier alpha value is -3.12. The minimum atomic E-state index is -0.384. The number of rotatable bonds is 5. The number of carbonyl (C=O) groups is 2. The highest BCUT2D eigenvalue weighted by molar-refractivity contribution is 6.30. The van der Waals surface area contributed by atoms with Gasteiger partial charge in [0.05, 0.1) is 18.9 Å². The van der Waals surface area contributed by atoms with E-state index >= 15 is 0 Å². The summed E-state index contributed by atoms with van der Waals surface area (Å²) in [6.45, 7) is 5.60. The number of benzene rings is 1. The smallest absolute Gasteiger partial charge is 0.409 e. The van der Waals surface area contributed by atoms with E-state index in [0.29, 0.717) is 37.2 Å². The Kier molecular flexibility index (Phi) is 7.68. The van der Waals surface area contributed by atoms with Gasteiger partial charge in [0.2, 0.25) is 0 Å². The SMILES string of the molecule is CCOC(=O)C=CC1=Cc2cccnc2C(C2CCN(C(=O)OCC)CC2)c2ccc(Cl)cc21. The van der Waals surface area contributed by atoms with E-state index in [4.69, 9.17) is 26.1 Å². The van der Waals surface area contributed by atoms with Gasteiger partial charge in [0, 0.05) is 36.3 Å². The van der Waals surface area contributed by atoms with Crippen LogP contribution in [0.25, 0.3) is 11.6 Å². The molecule has 1 aliphatic heterocycles. The van der Waals surface area contributed by atoms with E-state index in [1.165, 1.54) is 6.08 Å². The summed E-state index contributed by atoms with van der Waals surface area (Å²) < 4.78 is 10.3. The average molecular weight is 481 g/mol. The maximum atomic E-state index is 12.2. The first kappa shape index (κ1) is 24.0. The molecule has 0 radical (unpaired) electrons. The quantitative estimate of drug-likeness (QED) is 0.405. The van der Waals surface area contributed by atoms with Crippen LogP contribution in [-0.2, 0) is 14.3 Å². The normalized spacial score (nSPS) is 18.0. The van der Waals surface area contributed by atoms with Crippen molar-refractivity contribution >= 4 is 35.3 Å². The molecule has 1 unspecified atom stereocenters. The van der Waals surface area contributed by atoms with Gasteiger partial charge in [-0.2, -0.15) is 0 Å². The van der Waals surface area contributed by atoms with Crippen LogP contribution in [0.4, 0.5) is 4.79 Å². The van der Waals surface area contributed by atoms with E-state index < -0.39 is 0 Å². The third-order valence-corrected chi connectivity index (χ3v) is 6.60. The number of piperidine rings is 1. The van der Waals surface area contributed by atoms with Crippen LogP contribution in [-0.4, -0.2) is 48.2 Å². The van der Waals surface area contributed by atoms with Crippen LogP contribution in [0.3, 0.4) is 0 Å². The molecule has 1 atom stereocenters. The third kappa shape index (κ3) is 5.17. The van der Waals surface area contributed by atoms with E-state index in [0.717, 1.165) is 40.8 Å². The van der Waals surface area contributed by atoms with Crippen molar-refractivity contribution in [2.75, 3.05) is 26.3 Å². The molecule has 2 heterocycles. The number of esters is 1. The summed E-state index contributed by atoms with van der Waals surface area (Å²) in [4.78, 5) is 30.8. The lowest BCUT2D eigenvalue weighted by Gasteiger charge is -2.36. The van der Waals surface area contributed by atoms with Crippen molar-refractivity contribution in [3.8, 4) is 0 Å². The lowest BCUT2D eigenvalue weighted by molar-refractivity contribution is -0.137. The Labute approximate surface area is 205 Å². The number of carbonyl (C=O) groups excluding carboxylic acids is 2. The van der Waals surface area contributed by atoms with E-state index in [1.54, 1.807) is 17.9 Å². The summed E-state index contributed by atoms with van der Waals surface area (Å²) in [5, 5.41) is 0.629. The van der Waals surface area contributed by atoms with Gasteiger partial charge in [0.25, 0.3) is 0 Å². The van der Waals surface area contributed by atoms with E-state index in [2.05, 4.69) is 18.2 Å². The van der Waals surface area contributed by atoms with Crippen LogP contribution in [0.1, 0.15) is 55.0 Å². The molecule has 2 aliphatic rings. The molecule has 0 saturated carbocycles. The largest absolute Gasteiger partial charge is 0.463 e. The predicted octanol–water partition coefficient (Wildman–Crippen LogP) is 5.71. The van der Waals surface area contributed by atoms with Crippen LogP contribution in [0.2, 0.25) is 5.02 Å². The molecule has 1 aromatic carbocycles. The van der Waals surface area contributed by atoms with Crippen molar-refractivity contribution in [1.29, 1.82) is 0 Å². The zero-order chi connectivity index (χ0) is 24.1. The van der Waals surface area contributed by atoms with Crippen molar-refractivity contribution in [2.24, 2.45) is 5.92 Å². The fraction of sp³-hybridized carbons (Fsp3) is 0.370. The molecule has 1 aromatic heterocycles. The Bertz CT molecular complexity index is 1120. The highest BCUT2D eigenvalue weighted by Crippen LogP contribution is 2.45. The number of pyridine rings is 1. The molecule has 2 aromatic rings. The Morgan fingerprint density at radius 2 is 1.91 bits per heavy atom. The summed E-state index contributed by atoms with van der Waals surface area (Å²) in [5.74, 6) is -0.0517. The fourth-order valence-electron chi connectivity index (χ4n) is 4.85. The molecule has 0 spiro atoms. The first-order chi connectivity index (χ1) is 16.5. The van der Waals surface area contributed by atoms with Crippen molar-refractivity contribution < 1.29 is 19.1 Å². The number of amides is 1. The topological polar surface area (TPSA) is 68.7 Å². The van der Waals surface area contributed by atoms with E-state index in [1.807, 2.05) is 31.3 Å². The molecule has 1 saturated heterocycles. The summed E-state index contributed by atoms with van der Waals surface area (Å²) in [5.41, 5.74) is 4.99. The van der Waals surface area contributed by atoms with Gasteiger partial charge in [-0.3, -0.25) is 4.98 Å². The molecule has 34 heavy (non-hydrogen) atoms. The molecular formula is C27H29ClN2O4. The minimum absolute atomic E-state index is 0.0394. The van der Waals surface area contributed by atoms with Gasteiger partial charge in [-0.1, -0.05) is 23.7 Å². The fourth-order valence-corrected chi connectivity index (χ4v) is 5.02. The van der Waals surface area contributed by atoms with Crippen molar-refractivity contribution in [3.63, 3.8) is 0 Å². The number of nitrogens with zero attached hydrogens (tertiary/aromatic N) is 2. The average Bonchev–Trinajstić information content (AvgIpc) is 2.97. The van der Waals surface area contributed by atoms with Gasteiger partial charge in [0.15, 0.2) is 0 Å². The minimum Gasteiger partial charge on any atom is -0.463 e. The maximum Gasteiger partial charge on any atom is 0.409 e. The van der Waals surface area contributed by atoms with Gasteiger partial charge in [-0.25, -0.2) is 9.59 Å². The molecule has 0 N–H and O–H groups in total. The second-order valence-electron chi connectivity index (χ2n) is 8.40. The number of hydrogen-bond acceptors (Lipinski definition) is 5. The first-order valence-electron chi connectivity index (χ1n) is 11.7. The van der Waals surface area contributed by atoms with Crippen LogP contribution in [0.15, 0.2) is 48.7 Å². The molecule has 178 valence electrons. The van der Waals surface area contributed by atoms with Crippen LogP contribution in [0.5, 0.6) is 0 Å². The first-order valence-corrected chi connectivity index (χ1v) is 12.1. The lowest BCUT2D eigenvalue weighted by atomic mass is 9.76. The molecule has 6 nitrogen and oxygen atoms in total. The third-order valence-electron chi connectivity index (χ3n) is 6.36. The van der Waals surface area contributed by atoms with Gasteiger partial charge < -0.3 is 14.4 Å². The van der Waals surface area contributed by atoms with Crippen molar-refractivity contribution in [3.05, 3.63) is 76.1 Å². The van der Waals surface area contributed by atoms with E-state index in [-0.39, 0.29) is 18.0 Å². The van der Waals surface area contributed by atoms with Crippen LogP contribution < -0.4 is 0 Å². The molecular weight excluding hydrogens is 452 g/mol. The highest BCUT2D eigenvalue weighted by Gasteiger charge is 2.35. The lowest BCUT2D eigenvalue weighted by Crippen LogP contribution is -2.40. The standard InChI is InChI=1S/C27H29ClN2O4/c1-3-33-24(31)10-7-19-16-20-6-5-13-29-26(20)25(22-9-8-21(28)17-23(19)22)18-11-14-30(15-12-18)27(32)34-4-2/h5-10,13,16-18,25H,3-4,11-12,14-15H2,1-2H3. The molecule has 1 fully saturated rings. The molecule has 7 heteroatoms. The molecule has 1 amide bonds. The number of allylic oxidation sites excluding steroid dienone is 2. The number of ether oxygens (including phenoxy) is 2. The Morgan fingerprint density at radius 1 is 1.15 bits per heavy atom. The summed E-state index contributed by atoms with van der Waals surface area (Å²) >= 11 is 6.42. The monoisotopic (exact) mass is 480 g/mol. The summed E-state index contributed by atoms with van der Waals surface area (Å²) in [6, 6.07) is 9.89. The highest BCUT2D eigenvalue weighted by atomic mass is 35.5. The number of likely N-dealkylation sites (tertiary alicyclic amines) is 1. The zero-order valence-electron chi connectivity index (χ0n) is 19.5. The maximum absolute atomic E-state index is 12.2. The molecule has 0 bridgehead atoms. The van der Waals surface area contributed by atoms with Crippen molar-refractivity contribution in [1.82, 2.24) is 9.88 Å². The number of aromatic nitrogens is 1. The number of halogens is 1. The Balaban J connectivity index is 1.73. The van der Waals surface area contributed by atoms with Crippen LogP contribution in [0, 0.1) is 5.92 Å². The second-order valence-corrected chi connectivity index (χ2v) is 8.83. The predicted molar refractivity (Wildman–Crippen MR) is 132 cm³/mol.